The van der Waals surface area contributed by atoms with Crippen LogP contribution in [0.15, 0.2) is 24.3 Å². The fraction of sp³-hybridized carbons (Fsp3) is 0.462. The van der Waals surface area contributed by atoms with Gasteiger partial charge in [-0.1, -0.05) is 24.3 Å². The summed E-state index contributed by atoms with van der Waals surface area (Å²) in [5, 5.41) is 2.85. The molecule has 18 heavy (non-hydrogen) atoms. The first-order valence-electron chi connectivity index (χ1n) is 6.00. The van der Waals surface area contributed by atoms with Gasteiger partial charge in [-0.05, 0) is 30.5 Å². The fourth-order valence-corrected chi connectivity index (χ4v) is 2.02. The molecule has 1 aromatic rings. The molecule has 1 aliphatic rings. The number of rotatable bonds is 4. The lowest BCUT2D eigenvalue weighted by atomic mass is 9.97. The zero-order valence-corrected chi connectivity index (χ0v) is 11.0. The van der Waals surface area contributed by atoms with Crippen molar-refractivity contribution in [2.75, 3.05) is 19.7 Å². The van der Waals surface area contributed by atoms with Gasteiger partial charge in [-0.15, -0.1) is 12.4 Å². The second kappa shape index (κ2) is 7.36. The van der Waals surface area contributed by atoms with Crippen LogP contribution in [0.5, 0.6) is 0 Å². The summed E-state index contributed by atoms with van der Waals surface area (Å²) in [6.45, 7) is 1.80. The zero-order chi connectivity index (χ0) is 12.1. The van der Waals surface area contributed by atoms with Crippen LogP contribution in [-0.2, 0) is 16.0 Å². The summed E-state index contributed by atoms with van der Waals surface area (Å²) in [6, 6.07) is 7.95. The van der Waals surface area contributed by atoms with E-state index >= 15 is 0 Å². The monoisotopic (exact) mass is 270 g/mol. The second-order valence-corrected chi connectivity index (χ2v) is 4.13. The largest absolute Gasteiger partial charge is 0.363 e. The highest BCUT2D eigenvalue weighted by Gasteiger charge is 2.26. The minimum Gasteiger partial charge on any atom is -0.363 e. The molecule has 0 bridgehead atoms. The Labute approximate surface area is 113 Å². The van der Waals surface area contributed by atoms with Gasteiger partial charge in [0.05, 0.1) is 6.61 Å². The molecule has 0 radical (unpaired) electrons. The molecule has 1 amide bonds. The molecule has 5 heteroatoms. The van der Waals surface area contributed by atoms with Crippen LogP contribution in [0.2, 0.25) is 0 Å². The van der Waals surface area contributed by atoms with Crippen LogP contribution in [0.1, 0.15) is 23.7 Å². The first kappa shape index (κ1) is 15.0. The van der Waals surface area contributed by atoms with E-state index in [1.165, 1.54) is 5.56 Å². The Bertz CT molecular complexity index is 398. The van der Waals surface area contributed by atoms with Crippen LogP contribution >= 0.6 is 12.4 Å². The lowest BCUT2D eigenvalue weighted by molar-refractivity contribution is -0.134. The third-order valence-electron chi connectivity index (χ3n) is 2.91. The second-order valence-electron chi connectivity index (χ2n) is 4.13. The van der Waals surface area contributed by atoms with Crippen molar-refractivity contribution in [1.29, 1.82) is 0 Å². The summed E-state index contributed by atoms with van der Waals surface area (Å²) in [6.07, 6.45) is 1.21. The van der Waals surface area contributed by atoms with Crippen molar-refractivity contribution >= 4 is 18.3 Å². The van der Waals surface area contributed by atoms with Gasteiger partial charge >= 0.3 is 0 Å². The average Bonchev–Trinajstić information content (AvgIpc) is 2.38. The van der Waals surface area contributed by atoms with Crippen LogP contribution in [-0.4, -0.2) is 25.6 Å². The number of amides is 1. The van der Waals surface area contributed by atoms with Gasteiger partial charge in [-0.2, -0.15) is 0 Å². The summed E-state index contributed by atoms with van der Waals surface area (Å²) >= 11 is 0. The number of halogens is 1. The standard InChI is InChI=1S/C13H18N2O2.ClH/c14-7-3-8-15-13(16)12-11-5-2-1-4-10(11)6-9-17-12;/h1-2,4-5,12H,3,6-9,14H2,(H,15,16);1H. The van der Waals surface area contributed by atoms with Gasteiger partial charge in [0, 0.05) is 6.54 Å². The number of ether oxygens (including phenoxy) is 1. The Morgan fingerprint density at radius 3 is 3.00 bits per heavy atom. The zero-order valence-electron chi connectivity index (χ0n) is 10.2. The molecule has 4 nitrogen and oxygen atoms in total. The first-order valence-corrected chi connectivity index (χ1v) is 6.00. The van der Waals surface area contributed by atoms with Crippen LogP contribution in [0, 0.1) is 0 Å². The van der Waals surface area contributed by atoms with Gasteiger partial charge < -0.3 is 15.8 Å². The molecular weight excluding hydrogens is 252 g/mol. The minimum absolute atomic E-state index is 0. The quantitative estimate of drug-likeness (QED) is 0.808. The van der Waals surface area contributed by atoms with E-state index in [1.807, 2.05) is 18.2 Å². The molecule has 0 spiro atoms. The molecule has 2 rings (SSSR count). The van der Waals surface area contributed by atoms with E-state index in [1.54, 1.807) is 0 Å². The van der Waals surface area contributed by atoms with Gasteiger partial charge in [0.25, 0.3) is 5.91 Å². The summed E-state index contributed by atoms with van der Waals surface area (Å²) in [4.78, 5) is 12.0. The van der Waals surface area contributed by atoms with Crippen molar-refractivity contribution in [1.82, 2.24) is 5.32 Å². The maximum Gasteiger partial charge on any atom is 0.253 e. The number of fused-ring (bicyclic) bond motifs is 1. The first-order chi connectivity index (χ1) is 8.33. The van der Waals surface area contributed by atoms with E-state index in [9.17, 15) is 4.79 Å². The van der Waals surface area contributed by atoms with E-state index in [2.05, 4.69) is 11.4 Å². The Kier molecular flexibility index (Phi) is 6.12. The van der Waals surface area contributed by atoms with E-state index < -0.39 is 6.10 Å². The molecule has 1 aromatic carbocycles. The van der Waals surface area contributed by atoms with E-state index in [-0.39, 0.29) is 18.3 Å². The number of nitrogens with one attached hydrogen (secondary N) is 1. The molecule has 1 aliphatic heterocycles. The van der Waals surface area contributed by atoms with Gasteiger partial charge in [0.15, 0.2) is 6.10 Å². The highest BCUT2D eigenvalue weighted by molar-refractivity contribution is 5.85. The smallest absolute Gasteiger partial charge is 0.253 e. The van der Waals surface area contributed by atoms with Crippen molar-refractivity contribution in [2.45, 2.75) is 18.9 Å². The number of carbonyl (C=O) groups excluding carboxylic acids is 1. The van der Waals surface area contributed by atoms with Gasteiger partial charge in [-0.25, -0.2) is 0 Å². The lowest BCUT2D eigenvalue weighted by Gasteiger charge is -2.25. The van der Waals surface area contributed by atoms with Crippen LogP contribution in [0.25, 0.3) is 0 Å². The summed E-state index contributed by atoms with van der Waals surface area (Å²) in [7, 11) is 0. The van der Waals surface area contributed by atoms with Crippen molar-refractivity contribution in [2.24, 2.45) is 5.73 Å². The van der Waals surface area contributed by atoms with E-state index in [0.717, 1.165) is 18.4 Å². The molecular formula is C13H19ClN2O2. The Morgan fingerprint density at radius 1 is 1.44 bits per heavy atom. The molecule has 100 valence electrons. The number of carbonyl (C=O) groups is 1. The Hall–Kier alpha value is -1.10. The molecule has 1 heterocycles. The van der Waals surface area contributed by atoms with Crippen molar-refractivity contribution in [3.63, 3.8) is 0 Å². The number of nitrogens with two attached hydrogens (primary N) is 1. The Balaban J connectivity index is 0.00000162. The number of benzene rings is 1. The molecule has 0 aromatic heterocycles. The van der Waals surface area contributed by atoms with Crippen LogP contribution < -0.4 is 11.1 Å². The SMILES string of the molecule is Cl.NCCCNC(=O)C1OCCc2ccccc21. The minimum atomic E-state index is -0.460. The fourth-order valence-electron chi connectivity index (χ4n) is 2.02. The lowest BCUT2D eigenvalue weighted by Crippen LogP contribution is -2.34. The van der Waals surface area contributed by atoms with E-state index in [0.29, 0.717) is 19.7 Å². The summed E-state index contributed by atoms with van der Waals surface area (Å²) in [5.74, 6) is -0.0643. The molecule has 0 fully saturated rings. The predicted molar refractivity (Wildman–Crippen MR) is 72.8 cm³/mol. The van der Waals surface area contributed by atoms with Gasteiger partial charge in [0.1, 0.15) is 0 Å². The van der Waals surface area contributed by atoms with Gasteiger partial charge in [-0.3, -0.25) is 4.79 Å². The summed E-state index contributed by atoms with van der Waals surface area (Å²) < 4.78 is 5.55. The molecule has 0 saturated heterocycles. The number of hydrogen-bond donors (Lipinski definition) is 2. The molecule has 0 saturated carbocycles. The third-order valence-corrected chi connectivity index (χ3v) is 2.91. The maximum atomic E-state index is 12.0. The summed E-state index contributed by atoms with van der Waals surface area (Å²) in [5.41, 5.74) is 7.58. The Morgan fingerprint density at radius 2 is 2.22 bits per heavy atom. The normalized spacial score (nSPS) is 17.5. The van der Waals surface area contributed by atoms with Crippen molar-refractivity contribution in [3.05, 3.63) is 35.4 Å². The highest BCUT2D eigenvalue weighted by atomic mass is 35.5. The van der Waals surface area contributed by atoms with Crippen molar-refractivity contribution in [3.8, 4) is 0 Å². The molecule has 1 unspecified atom stereocenters. The maximum absolute atomic E-state index is 12.0. The molecule has 3 N–H and O–H groups in total. The molecule has 0 aliphatic carbocycles. The van der Waals surface area contributed by atoms with Gasteiger partial charge in [0.2, 0.25) is 0 Å². The van der Waals surface area contributed by atoms with Crippen LogP contribution in [0.4, 0.5) is 0 Å². The third kappa shape index (κ3) is 3.45. The predicted octanol–water partition coefficient (Wildman–Crippen LogP) is 1.19. The van der Waals surface area contributed by atoms with E-state index in [4.69, 9.17) is 10.5 Å². The topological polar surface area (TPSA) is 64.3 Å². The average molecular weight is 271 g/mol. The number of hydrogen-bond acceptors (Lipinski definition) is 3. The van der Waals surface area contributed by atoms with Crippen molar-refractivity contribution < 1.29 is 9.53 Å². The van der Waals surface area contributed by atoms with Crippen LogP contribution in [0.3, 0.4) is 0 Å². The highest BCUT2D eigenvalue weighted by Crippen LogP contribution is 2.26. The molecule has 1 atom stereocenters.